The number of nitrogens with zero attached hydrogens (tertiary/aromatic N) is 1. The molecule has 0 saturated carbocycles. The fraction of sp³-hybridized carbons (Fsp3) is 0.304. The summed E-state index contributed by atoms with van der Waals surface area (Å²) in [5.74, 6) is -3.47. The van der Waals surface area contributed by atoms with Crippen LogP contribution < -0.4 is 10.9 Å². The second-order valence-electron chi connectivity index (χ2n) is 7.31. The van der Waals surface area contributed by atoms with E-state index in [1.54, 1.807) is 24.3 Å². The molecule has 0 aliphatic carbocycles. The number of aromatic nitrogens is 1. The molecular formula is C23H24F2N2O2. The van der Waals surface area contributed by atoms with E-state index in [2.05, 4.69) is 5.32 Å². The Bertz CT molecular complexity index is 1090. The van der Waals surface area contributed by atoms with Crippen molar-refractivity contribution < 1.29 is 13.6 Å². The summed E-state index contributed by atoms with van der Waals surface area (Å²) in [6.07, 6.45) is 0.666. The Kier molecular flexibility index (Phi) is 5.82. The highest BCUT2D eigenvalue weighted by molar-refractivity contribution is 6.07. The summed E-state index contributed by atoms with van der Waals surface area (Å²) in [5, 5.41) is 3.71. The van der Waals surface area contributed by atoms with Gasteiger partial charge in [-0.25, -0.2) is 8.78 Å². The van der Waals surface area contributed by atoms with Crippen LogP contribution in [0.1, 0.15) is 47.9 Å². The Morgan fingerprint density at radius 3 is 2.24 bits per heavy atom. The Labute approximate surface area is 168 Å². The molecule has 6 heteroatoms. The average Bonchev–Trinajstić information content (AvgIpc) is 2.69. The number of pyridine rings is 1. The molecule has 0 spiro atoms. The molecule has 1 aromatic heterocycles. The van der Waals surface area contributed by atoms with Crippen molar-refractivity contribution in [3.8, 4) is 0 Å². The number of hydrogen-bond acceptors (Lipinski definition) is 2. The molecule has 0 aliphatic heterocycles. The number of rotatable bonds is 6. The second kappa shape index (κ2) is 8.15. The van der Waals surface area contributed by atoms with Crippen LogP contribution in [-0.4, -0.2) is 16.4 Å². The van der Waals surface area contributed by atoms with Gasteiger partial charge in [-0.3, -0.25) is 9.59 Å². The van der Waals surface area contributed by atoms with E-state index in [1.807, 2.05) is 37.3 Å². The Morgan fingerprint density at radius 2 is 1.66 bits per heavy atom. The third kappa shape index (κ3) is 4.36. The number of benzene rings is 2. The standard InChI is InChI=1S/C23H24F2N2O2/c1-4-19(16-10-6-5-7-11-16)26-21(28)20-15(2)27(14-23(3,24)25)22(29)18-13-9-8-12-17(18)20/h5-13,19H,4,14H2,1-3H3,(H,26,28)/t19-/m0/s1. The molecule has 0 bridgehead atoms. The van der Waals surface area contributed by atoms with Crippen molar-refractivity contribution in [1.82, 2.24) is 9.88 Å². The summed E-state index contributed by atoms with van der Waals surface area (Å²) < 4.78 is 28.5. The highest BCUT2D eigenvalue weighted by atomic mass is 19.3. The molecule has 0 fully saturated rings. The summed E-state index contributed by atoms with van der Waals surface area (Å²) >= 11 is 0. The largest absolute Gasteiger partial charge is 0.345 e. The minimum atomic E-state index is -3.08. The molecule has 0 aliphatic rings. The minimum absolute atomic E-state index is 0.227. The van der Waals surface area contributed by atoms with E-state index in [4.69, 9.17) is 0 Å². The van der Waals surface area contributed by atoms with Crippen LogP contribution in [-0.2, 0) is 6.54 Å². The van der Waals surface area contributed by atoms with E-state index in [-0.39, 0.29) is 28.6 Å². The number of halogens is 2. The molecule has 0 saturated heterocycles. The first-order valence-electron chi connectivity index (χ1n) is 9.58. The third-order valence-corrected chi connectivity index (χ3v) is 5.02. The number of nitrogens with one attached hydrogen (secondary N) is 1. The summed E-state index contributed by atoms with van der Waals surface area (Å²) in [7, 11) is 0. The molecule has 1 N–H and O–H groups in total. The molecule has 3 rings (SSSR count). The molecule has 1 atom stereocenters. The fourth-order valence-electron chi connectivity index (χ4n) is 3.61. The number of hydrogen-bond donors (Lipinski definition) is 1. The molecular weight excluding hydrogens is 374 g/mol. The van der Waals surface area contributed by atoms with E-state index >= 15 is 0 Å². The molecule has 1 amide bonds. The predicted molar refractivity (Wildman–Crippen MR) is 111 cm³/mol. The average molecular weight is 398 g/mol. The molecule has 3 aromatic rings. The third-order valence-electron chi connectivity index (χ3n) is 5.02. The van der Waals surface area contributed by atoms with Crippen LogP contribution in [0.2, 0.25) is 0 Å². The second-order valence-corrected chi connectivity index (χ2v) is 7.31. The van der Waals surface area contributed by atoms with Crippen molar-refractivity contribution in [3.63, 3.8) is 0 Å². The topological polar surface area (TPSA) is 51.1 Å². The first-order valence-corrected chi connectivity index (χ1v) is 9.58. The van der Waals surface area contributed by atoms with Crippen molar-refractivity contribution >= 4 is 16.7 Å². The van der Waals surface area contributed by atoms with Gasteiger partial charge in [-0.15, -0.1) is 0 Å². The summed E-state index contributed by atoms with van der Waals surface area (Å²) in [6, 6.07) is 16.0. The van der Waals surface area contributed by atoms with Crippen LogP contribution in [0.15, 0.2) is 59.4 Å². The highest BCUT2D eigenvalue weighted by Gasteiger charge is 2.27. The normalized spacial score (nSPS) is 12.7. The monoisotopic (exact) mass is 398 g/mol. The zero-order chi connectivity index (χ0) is 21.2. The van der Waals surface area contributed by atoms with E-state index in [0.29, 0.717) is 11.8 Å². The first-order chi connectivity index (χ1) is 13.7. The Morgan fingerprint density at radius 1 is 1.07 bits per heavy atom. The van der Waals surface area contributed by atoms with Gasteiger partial charge in [0.2, 0.25) is 0 Å². The minimum Gasteiger partial charge on any atom is -0.345 e. The van der Waals surface area contributed by atoms with Gasteiger partial charge in [-0.1, -0.05) is 55.5 Å². The number of carbonyl (C=O) groups is 1. The van der Waals surface area contributed by atoms with Crippen LogP contribution in [0.3, 0.4) is 0 Å². The highest BCUT2D eigenvalue weighted by Crippen LogP contribution is 2.24. The number of alkyl halides is 2. The van der Waals surface area contributed by atoms with Gasteiger partial charge in [-0.2, -0.15) is 0 Å². The maximum atomic E-state index is 13.7. The van der Waals surface area contributed by atoms with Gasteiger partial charge in [0.25, 0.3) is 17.4 Å². The van der Waals surface area contributed by atoms with Gasteiger partial charge in [0.1, 0.15) is 0 Å². The zero-order valence-electron chi connectivity index (χ0n) is 16.7. The van der Waals surface area contributed by atoms with E-state index < -0.39 is 18.0 Å². The quantitative estimate of drug-likeness (QED) is 0.646. The van der Waals surface area contributed by atoms with Crippen LogP contribution in [0.4, 0.5) is 8.78 Å². The molecule has 2 aromatic carbocycles. The summed E-state index contributed by atoms with van der Waals surface area (Å²) in [5.41, 5.74) is 0.916. The fourth-order valence-corrected chi connectivity index (χ4v) is 3.61. The SMILES string of the molecule is CC[C@H](NC(=O)c1c(C)n(CC(C)(F)F)c(=O)c2ccccc12)c1ccccc1. The molecule has 0 radical (unpaired) electrons. The number of fused-ring (bicyclic) bond motifs is 1. The van der Waals surface area contributed by atoms with Crippen molar-refractivity contribution in [1.29, 1.82) is 0 Å². The van der Waals surface area contributed by atoms with E-state index in [9.17, 15) is 18.4 Å². The van der Waals surface area contributed by atoms with Crippen LogP contribution in [0.5, 0.6) is 0 Å². The number of amides is 1. The maximum absolute atomic E-state index is 13.7. The van der Waals surface area contributed by atoms with Crippen LogP contribution >= 0.6 is 0 Å². The molecule has 1 heterocycles. The van der Waals surface area contributed by atoms with Gasteiger partial charge >= 0.3 is 0 Å². The first kappa shape index (κ1) is 20.7. The van der Waals surface area contributed by atoms with Crippen molar-refractivity contribution in [2.75, 3.05) is 0 Å². The van der Waals surface area contributed by atoms with Crippen molar-refractivity contribution in [2.45, 2.75) is 45.7 Å². The van der Waals surface area contributed by atoms with Gasteiger partial charge in [0.15, 0.2) is 0 Å². The van der Waals surface area contributed by atoms with Gasteiger partial charge in [0, 0.05) is 23.4 Å². The number of carbonyl (C=O) groups excluding carboxylic acids is 1. The molecule has 0 unspecified atom stereocenters. The maximum Gasteiger partial charge on any atom is 0.263 e. The van der Waals surface area contributed by atoms with E-state index in [1.165, 1.54) is 6.92 Å². The molecule has 152 valence electrons. The molecule has 29 heavy (non-hydrogen) atoms. The lowest BCUT2D eigenvalue weighted by Gasteiger charge is -2.22. The lowest BCUT2D eigenvalue weighted by molar-refractivity contribution is 0.00246. The van der Waals surface area contributed by atoms with Gasteiger partial charge in [-0.05, 0) is 25.0 Å². The lowest BCUT2D eigenvalue weighted by Crippen LogP contribution is -2.35. The predicted octanol–water partition coefficient (Wildman–Crippen LogP) is 4.85. The van der Waals surface area contributed by atoms with Gasteiger partial charge < -0.3 is 9.88 Å². The smallest absolute Gasteiger partial charge is 0.263 e. The lowest BCUT2D eigenvalue weighted by atomic mass is 10.0. The van der Waals surface area contributed by atoms with Crippen LogP contribution in [0, 0.1) is 6.92 Å². The van der Waals surface area contributed by atoms with E-state index in [0.717, 1.165) is 17.1 Å². The Balaban J connectivity index is 2.12. The summed E-state index contributed by atoms with van der Waals surface area (Å²) in [4.78, 5) is 26.0. The summed E-state index contributed by atoms with van der Waals surface area (Å²) in [6.45, 7) is 3.48. The van der Waals surface area contributed by atoms with Crippen LogP contribution in [0.25, 0.3) is 10.8 Å². The van der Waals surface area contributed by atoms with Crippen molar-refractivity contribution in [2.24, 2.45) is 0 Å². The van der Waals surface area contributed by atoms with Crippen molar-refractivity contribution in [3.05, 3.63) is 81.8 Å². The zero-order valence-corrected chi connectivity index (χ0v) is 16.7. The Hall–Kier alpha value is -3.02. The molecule has 4 nitrogen and oxygen atoms in total. The van der Waals surface area contributed by atoms with Gasteiger partial charge in [0.05, 0.1) is 18.2 Å².